The number of nitrogens with zero attached hydrogens (tertiary/aromatic N) is 1. The van der Waals surface area contributed by atoms with Crippen LogP contribution in [0, 0.1) is 17.6 Å². The number of fused-ring (bicyclic) bond motifs is 1. The van der Waals surface area contributed by atoms with Crippen LogP contribution >= 0.6 is 0 Å². The van der Waals surface area contributed by atoms with Crippen molar-refractivity contribution in [2.75, 3.05) is 13.2 Å². The fraction of sp³-hybridized carbons (Fsp3) is 0.538. The Bertz CT molecular complexity index is 996. The first-order valence-corrected chi connectivity index (χ1v) is 11.7. The van der Waals surface area contributed by atoms with Crippen LogP contribution in [-0.2, 0) is 6.42 Å². The van der Waals surface area contributed by atoms with Crippen molar-refractivity contribution in [1.29, 1.82) is 0 Å². The molecule has 0 radical (unpaired) electrons. The molecule has 34 heavy (non-hydrogen) atoms. The van der Waals surface area contributed by atoms with Crippen molar-refractivity contribution in [1.82, 2.24) is 4.90 Å². The molecule has 0 bridgehead atoms. The molecule has 0 saturated heterocycles. The van der Waals surface area contributed by atoms with Crippen LogP contribution < -0.4 is 4.74 Å². The monoisotopic (exact) mass is 483 g/mol. The van der Waals surface area contributed by atoms with Gasteiger partial charge in [-0.25, -0.2) is 17.6 Å². The van der Waals surface area contributed by atoms with Gasteiger partial charge in [0.25, 0.3) is 5.92 Å². The third-order valence-corrected chi connectivity index (χ3v) is 6.86. The van der Waals surface area contributed by atoms with E-state index in [2.05, 4.69) is 0 Å². The molecule has 1 aliphatic carbocycles. The Morgan fingerprint density at radius 1 is 1.12 bits per heavy atom. The van der Waals surface area contributed by atoms with E-state index in [1.807, 2.05) is 0 Å². The van der Waals surface area contributed by atoms with Gasteiger partial charge in [0.2, 0.25) is 0 Å². The van der Waals surface area contributed by atoms with Crippen molar-refractivity contribution in [2.45, 2.75) is 70.1 Å². The number of hydrogen-bond acceptors (Lipinski definition) is 3. The maximum Gasteiger partial charge on any atom is 0.257 e. The average molecular weight is 484 g/mol. The summed E-state index contributed by atoms with van der Waals surface area (Å²) < 4.78 is 77.0. The molecule has 2 atom stereocenters. The summed E-state index contributed by atoms with van der Waals surface area (Å²) in [5.41, 5.74) is 0.840. The van der Waals surface area contributed by atoms with Crippen molar-refractivity contribution >= 4 is 0 Å². The summed E-state index contributed by atoms with van der Waals surface area (Å²) in [7, 11) is 0. The third kappa shape index (κ3) is 5.32. The number of halogens is 5. The fourth-order valence-corrected chi connectivity index (χ4v) is 5.25. The van der Waals surface area contributed by atoms with Crippen LogP contribution in [0.4, 0.5) is 22.0 Å². The number of phenols is 1. The first-order chi connectivity index (χ1) is 16.1. The lowest BCUT2D eigenvalue weighted by atomic mass is 9.79. The van der Waals surface area contributed by atoms with Gasteiger partial charge < -0.3 is 9.84 Å². The summed E-state index contributed by atoms with van der Waals surface area (Å²) in [6.07, 6.45) is 2.88. The van der Waals surface area contributed by atoms with Crippen molar-refractivity contribution < 1.29 is 31.8 Å². The molecular weight excluding hydrogens is 453 g/mol. The molecule has 8 heteroatoms. The van der Waals surface area contributed by atoms with Gasteiger partial charge in [-0.1, -0.05) is 6.07 Å². The minimum Gasteiger partial charge on any atom is -0.508 e. The second kappa shape index (κ2) is 9.72. The van der Waals surface area contributed by atoms with Crippen LogP contribution in [0.25, 0.3) is 0 Å². The van der Waals surface area contributed by atoms with E-state index in [0.29, 0.717) is 42.7 Å². The van der Waals surface area contributed by atoms with Crippen molar-refractivity contribution in [2.24, 2.45) is 5.92 Å². The van der Waals surface area contributed by atoms with Crippen LogP contribution in [0.3, 0.4) is 0 Å². The fourth-order valence-electron chi connectivity index (χ4n) is 5.25. The third-order valence-electron chi connectivity index (χ3n) is 6.86. The van der Waals surface area contributed by atoms with E-state index < -0.39 is 36.2 Å². The summed E-state index contributed by atoms with van der Waals surface area (Å²) in [5.74, 6) is -4.39. The summed E-state index contributed by atoms with van der Waals surface area (Å²) in [6, 6.07) is 5.15. The second-order valence-electron chi connectivity index (χ2n) is 9.79. The normalized spacial score (nSPS) is 25.0. The molecule has 0 unspecified atom stereocenters. The lowest BCUT2D eigenvalue weighted by Crippen LogP contribution is -2.47. The largest absolute Gasteiger partial charge is 0.508 e. The van der Waals surface area contributed by atoms with Gasteiger partial charge in [-0.15, -0.1) is 0 Å². The number of phenolic OH excluding ortho intramolecular Hbond substituents is 1. The number of alkyl halides is 3. The van der Waals surface area contributed by atoms with Gasteiger partial charge in [-0.3, -0.25) is 9.29 Å². The molecule has 1 fully saturated rings. The summed E-state index contributed by atoms with van der Waals surface area (Å²) in [6.45, 7) is 1.49. The molecule has 1 aliphatic heterocycles. The molecule has 1 saturated carbocycles. The van der Waals surface area contributed by atoms with Gasteiger partial charge in [0, 0.05) is 30.7 Å². The van der Waals surface area contributed by atoms with Crippen LogP contribution in [0.5, 0.6) is 11.5 Å². The van der Waals surface area contributed by atoms with E-state index in [4.69, 9.17) is 4.74 Å². The Hall–Kier alpha value is -2.35. The lowest BCUT2D eigenvalue weighted by molar-refractivity contribution is -0.0371. The average Bonchev–Trinajstić information content (AvgIpc) is 2.70. The number of hydrogen-bond donors (Lipinski definition) is 1. The summed E-state index contributed by atoms with van der Waals surface area (Å²) in [4.78, 5) is 1.42. The number of benzene rings is 2. The van der Waals surface area contributed by atoms with Crippen molar-refractivity contribution in [3.8, 4) is 11.5 Å². The van der Waals surface area contributed by atoms with E-state index in [0.717, 1.165) is 25.5 Å². The number of rotatable bonds is 8. The Kier molecular flexibility index (Phi) is 7.08. The molecule has 2 aromatic rings. The van der Waals surface area contributed by atoms with E-state index >= 15 is 8.78 Å². The lowest BCUT2D eigenvalue weighted by Gasteiger charge is -2.43. The van der Waals surface area contributed by atoms with Crippen LogP contribution in [-0.4, -0.2) is 41.3 Å². The molecule has 2 aromatic carbocycles. The summed E-state index contributed by atoms with van der Waals surface area (Å²) in [5, 5.41) is 9.89. The molecular formula is C26H30F5NO2. The van der Waals surface area contributed by atoms with E-state index in [9.17, 15) is 18.3 Å². The highest BCUT2D eigenvalue weighted by atomic mass is 19.3. The van der Waals surface area contributed by atoms with Gasteiger partial charge in [-0.05, 0) is 68.2 Å². The smallest absolute Gasteiger partial charge is 0.257 e. The Morgan fingerprint density at radius 3 is 2.41 bits per heavy atom. The van der Waals surface area contributed by atoms with E-state index in [1.165, 1.54) is 23.1 Å². The zero-order valence-corrected chi connectivity index (χ0v) is 19.3. The molecule has 0 aromatic heterocycles. The molecule has 2 aliphatic rings. The van der Waals surface area contributed by atoms with Crippen LogP contribution in [0.1, 0.15) is 62.3 Å². The molecule has 186 valence electrons. The molecule has 1 heterocycles. The van der Waals surface area contributed by atoms with E-state index in [1.54, 1.807) is 6.92 Å². The molecule has 0 amide bonds. The molecule has 1 N–H and O–H groups in total. The van der Waals surface area contributed by atoms with Gasteiger partial charge >= 0.3 is 0 Å². The number of aromatic hydroxyl groups is 1. The Morgan fingerprint density at radius 2 is 1.79 bits per heavy atom. The predicted octanol–water partition coefficient (Wildman–Crippen LogP) is 6.57. The highest BCUT2D eigenvalue weighted by Gasteiger charge is 2.41. The standard InChI is InChI=1S/C26H30F5NO2/c1-15-8-17-11-18(33)5-6-21(17)25(32(15)14-26(2,30)31)24-22(28)12-20(13-23(24)29)34-19-9-16(10-19)4-3-7-27/h5-6,11-13,15-16,19,25,33H,3-4,7-10,14H2,1-2H3/t15-,16?,19?,25+/m1/s1. The van der Waals surface area contributed by atoms with Crippen molar-refractivity contribution in [3.63, 3.8) is 0 Å². The van der Waals surface area contributed by atoms with Gasteiger partial charge in [0.15, 0.2) is 0 Å². The highest BCUT2D eigenvalue weighted by Crippen LogP contribution is 2.43. The first kappa shape index (κ1) is 24.8. The minimum atomic E-state index is -3.07. The SMILES string of the molecule is C[C@@H]1Cc2cc(O)ccc2[C@@H](c2c(F)cc(OC3CC(CCCF)C3)cc2F)N1CC(C)(F)F. The first-order valence-electron chi connectivity index (χ1n) is 11.7. The molecule has 4 rings (SSSR count). The zero-order valence-electron chi connectivity index (χ0n) is 19.3. The Balaban J connectivity index is 1.64. The highest BCUT2D eigenvalue weighted by molar-refractivity contribution is 5.46. The molecule has 0 spiro atoms. The van der Waals surface area contributed by atoms with Gasteiger partial charge in [0.05, 0.1) is 25.4 Å². The minimum absolute atomic E-state index is 0.00832. The number of ether oxygens (including phenoxy) is 1. The predicted molar refractivity (Wildman–Crippen MR) is 119 cm³/mol. The summed E-state index contributed by atoms with van der Waals surface area (Å²) >= 11 is 0. The van der Waals surface area contributed by atoms with E-state index in [-0.39, 0.29) is 29.8 Å². The maximum atomic E-state index is 15.4. The maximum absolute atomic E-state index is 15.4. The quantitative estimate of drug-likeness (QED) is 0.431. The second-order valence-corrected chi connectivity index (χ2v) is 9.79. The molecule has 3 nitrogen and oxygen atoms in total. The van der Waals surface area contributed by atoms with Crippen molar-refractivity contribution in [3.05, 3.63) is 58.7 Å². The Labute approximate surface area is 196 Å². The van der Waals surface area contributed by atoms with Crippen LogP contribution in [0.2, 0.25) is 0 Å². The van der Waals surface area contributed by atoms with Gasteiger partial charge in [-0.2, -0.15) is 0 Å². The van der Waals surface area contributed by atoms with Gasteiger partial charge in [0.1, 0.15) is 23.1 Å². The zero-order chi connectivity index (χ0) is 24.6. The topological polar surface area (TPSA) is 32.7 Å². The van der Waals surface area contributed by atoms with Crippen LogP contribution in [0.15, 0.2) is 30.3 Å².